The molecule has 0 aliphatic rings. The molecule has 4 nitrogen and oxygen atoms in total. The largest absolute Gasteiger partial charge is 0.469 e. The van der Waals surface area contributed by atoms with Crippen molar-refractivity contribution in [2.45, 2.75) is 26.3 Å². The summed E-state index contributed by atoms with van der Waals surface area (Å²) in [6, 6.07) is 7.73. The number of esters is 1. The Balaban J connectivity index is 2.72. The van der Waals surface area contributed by atoms with Gasteiger partial charge in [0.1, 0.15) is 0 Å². The fourth-order valence-electron chi connectivity index (χ4n) is 1.90. The number of rotatable bonds is 6. The molecule has 1 rings (SSSR count). The first-order chi connectivity index (χ1) is 8.62. The van der Waals surface area contributed by atoms with Gasteiger partial charge in [-0.2, -0.15) is 0 Å². The number of benzene rings is 1. The average Bonchev–Trinajstić information content (AvgIpc) is 2.40. The van der Waals surface area contributed by atoms with Gasteiger partial charge in [0.25, 0.3) is 0 Å². The summed E-state index contributed by atoms with van der Waals surface area (Å²) < 4.78 is 4.61. The lowest BCUT2D eigenvalue weighted by atomic mass is 10.0. The standard InChI is InChI=1S/C14H22N2O2/c1-4-16(5-2)12-8-6-11(7-9-12)13(15)10-14(17)18-3/h6-9,13H,4-5,10,15H2,1-3H3/t13-/m0/s1. The number of anilines is 1. The van der Waals surface area contributed by atoms with Crippen molar-refractivity contribution in [3.63, 3.8) is 0 Å². The van der Waals surface area contributed by atoms with Gasteiger partial charge in [0.05, 0.1) is 13.5 Å². The van der Waals surface area contributed by atoms with Crippen LogP contribution >= 0.6 is 0 Å². The van der Waals surface area contributed by atoms with Crippen molar-refractivity contribution in [2.24, 2.45) is 5.73 Å². The van der Waals surface area contributed by atoms with E-state index in [0.29, 0.717) is 0 Å². The van der Waals surface area contributed by atoms with Crippen LogP contribution in [0.25, 0.3) is 0 Å². The third-order valence-corrected chi connectivity index (χ3v) is 3.06. The van der Waals surface area contributed by atoms with Crippen LogP contribution in [0.2, 0.25) is 0 Å². The monoisotopic (exact) mass is 250 g/mol. The highest BCUT2D eigenvalue weighted by molar-refractivity contribution is 5.70. The molecule has 0 bridgehead atoms. The fraction of sp³-hybridized carbons (Fsp3) is 0.500. The maximum atomic E-state index is 11.2. The van der Waals surface area contributed by atoms with Crippen LogP contribution in [0.3, 0.4) is 0 Å². The SMILES string of the molecule is CCN(CC)c1ccc([C@@H](N)CC(=O)OC)cc1. The second-order valence-corrected chi connectivity index (χ2v) is 4.15. The first-order valence-corrected chi connectivity index (χ1v) is 6.29. The summed E-state index contributed by atoms with van der Waals surface area (Å²) in [7, 11) is 1.37. The van der Waals surface area contributed by atoms with E-state index in [-0.39, 0.29) is 18.4 Å². The molecule has 1 aromatic carbocycles. The smallest absolute Gasteiger partial charge is 0.307 e. The number of ether oxygens (including phenoxy) is 1. The Morgan fingerprint density at radius 2 is 1.83 bits per heavy atom. The zero-order chi connectivity index (χ0) is 13.5. The third-order valence-electron chi connectivity index (χ3n) is 3.06. The van der Waals surface area contributed by atoms with Crippen molar-refractivity contribution in [1.82, 2.24) is 0 Å². The lowest BCUT2D eigenvalue weighted by Gasteiger charge is -2.21. The highest BCUT2D eigenvalue weighted by Gasteiger charge is 2.12. The van der Waals surface area contributed by atoms with Gasteiger partial charge < -0.3 is 15.4 Å². The molecule has 4 heteroatoms. The lowest BCUT2D eigenvalue weighted by molar-refractivity contribution is -0.141. The average molecular weight is 250 g/mol. The van der Waals surface area contributed by atoms with E-state index >= 15 is 0 Å². The molecule has 1 atom stereocenters. The Labute approximate surface area is 109 Å². The molecular formula is C14H22N2O2. The van der Waals surface area contributed by atoms with Crippen LogP contribution in [0.1, 0.15) is 31.9 Å². The summed E-state index contributed by atoms with van der Waals surface area (Å²) in [5, 5.41) is 0. The van der Waals surface area contributed by atoms with Crippen LogP contribution in [0.15, 0.2) is 24.3 Å². The van der Waals surface area contributed by atoms with E-state index in [2.05, 4.69) is 23.5 Å². The molecule has 0 saturated heterocycles. The third kappa shape index (κ3) is 3.74. The predicted molar refractivity (Wildman–Crippen MR) is 73.6 cm³/mol. The second-order valence-electron chi connectivity index (χ2n) is 4.15. The number of nitrogens with two attached hydrogens (primary N) is 1. The van der Waals surface area contributed by atoms with E-state index in [1.807, 2.05) is 24.3 Å². The predicted octanol–water partition coefficient (Wildman–Crippen LogP) is 2.10. The lowest BCUT2D eigenvalue weighted by Crippen LogP contribution is -2.22. The van der Waals surface area contributed by atoms with Crippen LogP contribution in [-0.4, -0.2) is 26.2 Å². The molecular weight excluding hydrogens is 228 g/mol. The van der Waals surface area contributed by atoms with Crippen molar-refractivity contribution >= 4 is 11.7 Å². The molecule has 0 aliphatic carbocycles. The first-order valence-electron chi connectivity index (χ1n) is 6.29. The first kappa shape index (κ1) is 14.5. The number of nitrogens with zero attached hydrogens (tertiary/aromatic N) is 1. The Hall–Kier alpha value is -1.55. The molecule has 100 valence electrons. The molecule has 0 heterocycles. The molecule has 0 saturated carbocycles. The van der Waals surface area contributed by atoms with E-state index in [1.165, 1.54) is 12.8 Å². The van der Waals surface area contributed by atoms with Gasteiger partial charge >= 0.3 is 5.97 Å². The van der Waals surface area contributed by atoms with Crippen molar-refractivity contribution in [1.29, 1.82) is 0 Å². The van der Waals surface area contributed by atoms with Gasteiger partial charge in [-0.25, -0.2) is 0 Å². The van der Waals surface area contributed by atoms with Gasteiger partial charge in [-0.3, -0.25) is 4.79 Å². The Bertz CT molecular complexity index is 372. The molecule has 1 aromatic rings. The van der Waals surface area contributed by atoms with E-state index < -0.39 is 0 Å². The molecule has 0 fully saturated rings. The topological polar surface area (TPSA) is 55.6 Å². The van der Waals surface area contributed by atoms with Gasteiger partial charge in [-0.05, 0) is 31.5 Å². The summed E-state index contributed by atoms with van der Waals surface area (Å²) in [5.41, 5.74) is 8.08. The molecule has 0 unspecified atom stereocenters. The molecule has 0 spiro atoms. The maximum Gasteiger partial charge on any atom is 0.307 e. The van der Waals surface area contributed by atoms with Crippen LogP contribution in [0.4, 0.5) is 5.69 Å². The molecule has 18 heavy (non-hydrogen) atoms. The quantitative estimate of drug-likeness (QED) is 0.785. The van der Waals surface area contributed by atoms with Crippen LogP contribution in [0, 0.1) is 0 Å². The zero-order valence-corrected chi connectivity index (χ0v) is 11.3. The molecule has 0 aromatic heterocycles. The van der Waals surface area contributed by atoms with Gasteiger partial charge in [-0.15, -0.1) is 0 Å². The van der Waals surface area contributed by atoms with Crippen LogP contribution < -0.4 is 10.6 Å². The minimum Gasteiger partial charge on any atom is -0.469 e. The minimum absolute atomic E-state index is 0.209. The van der Waals surface area contributed by atoms with Gasteiger partial charge in [0, 0.05) is 24.8 Å². The Morgan fingerprint density at radius 3 is 2.28 bits per heavy atom. The highest BCUT2D eigenvalue weighted by atomic mass is 16.5. The number of hydrogen-bond donors (Lipinski definition) is 1. The van der Waals surface area contributed by atoms with E-state index in [1.54, 1.807) is 0 Å². The number of carbonyl (C=O) groups excluding carboxylic acids is 1. The number of hydrogen-bond acceptors (Lipinski definition) is 4. The molecule has 2 N–H and O–H groups in total. The summed E-state index contributed by atoms with van der Waals surface area (Å²) in [6.45, 7) is 6.20. The Morgan fingerprint density at radius 1 is 1.28 bits per heavy atom. The summed E-state index contributed by atoms with van der Waals surface area (Å²) >= 11 is 0. The van der Waals surface area contributed by atoms with Crippen molar-refractivity contribution < 1.29 is 9.53 Å². The van der Waals surface area contributed by atoms with Gasteiger partial charge in [-0.1, -0.05) is 12.1 Å². The van der Waals surface area contributed by atoms with E-state index in [4.69, 9.17) is 5.73 Å². The second kappa shape index (κ2) is 7.01. The molecule has 0 radical (unpaired) electrons. The summed E-state index contributed by atoms with van der Waals surface area (Å²) in [5.74, 6) is -0.282. The summed E-state index contributed by atoms with van der Waals surface area (Å²) in [4.78, 5) is 13.4. The normalized spacial score (nSPS) is 12.0. The highest BCUT2D eigenvalue weighted by Crippen LogP contribution is 2.20. The molecule has 0 amide bonds. The Kier molecular flexibility index (Phi) is 5.65. The number of carbonyl (C=O) groups is 1. The number of methoxy groups -OCH3 is 1. The van der Waals surface area contributed by atoms with Crippen molar-refractivity contribution in [3.05, 3.63) is 29.8 Å². The van der Waals surface area contributed by atoms with Crippen molar-refractivity contribution in [3.8, 4) is 0 Å². The van der Waals surface area contributed by atoms with Gasteiger partial charge in [0.2, 0.25) is 0 Å². The summed E-state index contributed by atoms with van der Waals surface area (Å²) in [6.07, 6.45) is 0.209. The van der Waals surface area contributed by atoms with E-state index in [9.17, 15) is 4.79 Å². The van der Waals surface area contributed by atoms with Crippen molar-refractivity contribution in [2.75, 3.05) is 25.1 Å². The van der Waals surface area contributed by atoms with Gasteiger partial charge in [0.15, 0.2) is 0 Å². The van der Waals surface area contributed by atoms with E-state index in [0.717, 1.165) is 18.7 Å². The maximum absolute atomic E-state index is 11.2. The zero-order valence-electron chi connectivity index (χ0n) is 11.3. The fourth-order valence-corrected chi connectivity index (χ4v) is 1.90. The van der Waals surface area contributed by atoms with Crippen LogP contribution in [-0.2, 0) is 9.53 Å². The molecule has 0 aliphatic heterocycles. The minimum atomic E-state index is -0.303. The van der Waals surface area contributed by atoms with Crippen LogP contribution in [0.5, 0.6) is 0 Å².